The molecule has 0 saturated carbocycles. The summed E-state index contributed by atoms with van der Waals surface area (Å²) in [6, 6.07) is 4.84. The first-order valence-electron chi connectivity index (χ1n) is 8.39. The normalized spacial score (nSPS) is 26.6. The zero-order valence-corrected chi connectivity index (χ0v) is 16.4. The van der Waals surface area contributed by atoms with Crippen LogP contribution >= 0.6 is 11.6 Å². The fraction of sp³-hybridized carbons (Fsp3) is 0.588. The first-order valence-corrected chi connectivity index (χ1v) is 10.6. The van der Waals surface area contributed by atoms with Gasteiger partial charge in [0.15, 0.2) is 0 Å². The number of nitrogens with zero attached hydrogens (tertiary/aromatic N) is 2. The predicted octanol–water partition coefficient (Wildman–Crippen LogP) is 1.06. The minimum Gasteiger partial charge on any atom is -0.496 e. The zero-order chi connectivity index (χ0) is 19.1. The van der Waals surface area contributed by atoms with Crippen molar-refractivity contribution in [2.24, 2.45) is 11.3 Å². The molecule has 2 atom stereocenters. The number of amides is 1. The van der Waals surface area contributed by atoms with Crippen LogP contribution in [0.2, 0.25) is 5.02 Å². The molecule has 9 heteroatoms. The largest absolute Gasteiger partial charge is 0.496 e. The predicted molar refractivity (Wildman–Crippen MR) is 98.0 cm³/mol. The van der Waals surface area contributed by atoms with Crippen LogP contribution in [0.4, 0.5) is 0 Å². The van der Waals surface area contributed by atoms with Crippen molar-refractivity contribution in [1.82, 2.24) is 9.21 Å². The highest BCUT2D eigenvalue weighted by Gasteiger charge is 2.52. The fourth-order valence-corrected chi connectivity index (χ4v) is 5.10. The molecule has 0 aliphatic carbocycles. The maximum absolute atomic E-state index is 13.0. The molecule has 0 spiro atoms. The Labute approximate surface area is 158 Å². The van der Waals surface area contributed by atoms with Crippen LogP contribution in [-0.2, 0) is 10.0 Å². The third-order valence-corrected chi connectivity index (χ3v) is 6.95. The van der Waals surface area contributed by atoms with E-state index in [1.165, 1.54) is 17.7 Å². The highest BCUT2D eigenvalue weighted by Crippen LogP contribution is 2.43. The minimum atomic E-state index is -3.33. The number of rotatable bonds is 4. The maximum Gasteiger partial charge on any atom is 0.257 e. The van der Waals surface area contributed by atoms with Gasteiger partial charge in [0.1, 0.15) is 5.75 Å². The van der Waals surface area contributed by atoms with Gasteiger partial charge in [-0.05, 0) is 30.5 Å². The average Bonchev–Trinajstić information content (AvgIpc) is 3.00. The molecular weight excluding hydrogens is 380 g/mol. The third kappa shape index (κ3) is 3.43. The second kappa shape index (κ2) is 6.99. The molecule has 26 heavy (non-hydrogen) atoms. The number of fused-ring (bicyclic) bond motifs is 1. The number of halogens is 1. The summed E-state index contributed by atoms with van der Waals surface area (Å²) in [5.41, 5.74) is -0.224. The van der Waals surface area contributed by atoms with Gasteiger partial charge in [0.05, 0.1) is 25.5 Å². The van der Waals surface area contributed by atoms with Gasteiger partial charge in [-0.2, -0.15) is 0 Å². The van der Waals surface area contributed by atoms with Crippen LogP contribution in [0.25, 0.3) is 0 Å². The lowest BCUT2D eigenvalue weighted by Crippen LogP contribution is -2.52. The van der Waals surface area contributed by atoms with E-state index in [1.54, 1.807) is 23.1 Å². The molecule has 2 saturated heterocycles. The Morgan fingerprint density at radius 2 is 2.15 bits per heavy atom. The van der Waals surface area contributed by atoms with Crippen molar-refractivity contribution in [3.63, 3.8) is 0 Å². The van der Waals surface area contributed by atoms with Gasteiger partial charge in [-0.3, -0.25) is 4.79 Å². The van der Waals surface area contributed by atoms with Crippen LogP contribution in [0.3, 0.4) is 0 Å². The van der Waals surface area contributed by atoms with Gasteiger partial charge < -0.3 is 14.7 Å². The molecule has 2 aliphatic heterocycles. The van der Waals surface area contributed by atoms with E-state index in [4.69, 9.17) is 16.3 Å². The van der Waals surface area contributed by atoms with E-state index in [2.05, 4.69) is 0 Å². The second-order valence-corrected chi connectivity index (χ2v) is 9.55. The van der Waals surface area contributed by atoms with E-state index in [9.17, 15) is 18.3 Å². The molecule has 3 rings (SSSR count). The number of carbonyl (C=O) groups excluding carboxylic acids is 1. The summed E-state index contributed by atoms with van der Waals surface area (Å²) in [6.45, 7) is 1.28. The van der Waals surface area contributed by atoms with Gasteiger partial charge in [0.2, 0.25) is 10.0 Å². The summed E-state index contributed by atoms with van der Waals surface area (Å²) in [5, 5.41) is 10.5. The number of benzene rings is 1. The Bertz CT molecular complexity index is 815. The molecule has 0 bridgehead atoms. The Morgan fingerprint density at radius 1 is 1.42 bits per heavy atom. The molecule has 2 heterocycles. The smallest absolute Gasteiger partial charge is 0.257 e. The number of sulfonamides is 1. The summed E-state index contributed by atoms with van der Waals surface area (Å²) >= 11 is 5.96. The van der Waals surface area contributed by atoms with Gasteiger partial charge >= 0.3 is 0 Å². The van der Waals surface area contributed by atoms with Gasteiger partial charge in [-0.25, -0.2) is 12.7 Å². The number of likely N-dealkylation sites (tertiary alicyclic amines) is 1. The summed E-state index contributed by atoms with van der Waals surface area (Å²) < 4.78 is 30.5. The number of aliphatic hydroxyl groups is 1. The number of hydrogen-bond acceptors (Lipinski definition) is 5. The fourth-order valence-electron chi connectivity index (χ4n) is 4.00. The SMILES string of the molecule is COc1cc(Cl)ccc1C(=O)N1CC[C@H]2CN(S(C)(=O)=O)C[C@@]2(CO)C1. The van der Waals surface area contributed by atoms with Gasteiger partial charge in [0, 0.05) is 36.6 Å². The molecule has 1 N–H and O–H groups in total. The summed E-state index contributed by atoms with van der Waals surface area (Å²) in [7, 11) is -1.85. The standard InChI is InChI=1S/C17H23ClN2O5S/c1-25-15-7-13(18)3-4-14(15)16(22)19-6-5-12-8-20(26(2,23)24)10-17(12,9-19)11-21/h3-4,7,12,21H,5-6,8-11H2,1-2H3/t12-,17+/m0/s1. The maximum atomic E-state index is 13.0. The summed E-state index contributed by atoms with van der Waals surface area (Å²) in [6.07, 6.45) is 1.82. The highest BCUT2D eigenvalue weighted by molar-refractivity contribution is 7.88. The number of hydrogen-bond donors (Lipinski definition) is 1. The van der Waals surface area contributed by atoms with Crippen LogP contribution in [0, 0.1) is 11.3 Å². The van der Waals surface area contributed by atoms with Crippen molar-refractivity contribution in [2.75, 3.05) is 46.2 Å². The first-order chi connectivity index (χ1) is 12.2. The monoisotopic (exact) mass is 402 g/mol. The molecule has 7 nitrogen and oxygen atoms in total. The van der Waals surface area contributed by atoms with Crippen molar-refractivity contribution in [1.29, 1.82) is 0 Å². The number of methoxy groups -OCH3 is 1. The Balaban J connectivity index is 1.85. The van der Waals surface area contributed by atoms with E-state index in [-0.39, 0.29) is 25.0 Å². The van der Waals surface area contributed by atoms with E-state index >= 15 is 0 Å². The molecule has 1 aromatic rings. The number of carbonyl (C=O) groups is 1. The lowest BCUT2D eigenvalue weighted by Gasteiger charge is -2.43. The quantitative estimate of drug-likeness (QED) is 0.813. The zero-order valence-electron chi connectivity index (χ0n) is 14.8. The van der Waals surface area contributed by atoms with Crippen LogP contribution in [0.1, 0.15) is 16.8 Å². The Kier molecular flexibility index (Phi) is 5.22. The molecule has 1 aromatic carbocycles. The highest BCUT2D eigenvalue weighted by atomic mass is 35.5. The van der Waals surface area contributed by atoms with Gasteiger partial charge in [0.25, 0.3) is 5.91 Å². The number of ether oxygens (including phenoxy) is 1. The van der Waals surface area contributed by atoms with Crippen molar-refractivity contribution < 1.29 is 23.1 Å². The van der Waals surface area contributed by atoms with Crippen LogP contribution in [-0.4, -0.2) is 74.8 Å². The molecule has 2 aliphatic rings. The molecule has 144 valence electrons. The number of aliphatic hydroxyl groups excluding tert-OH is 1. The average molecular weight is 403 g/mol. The topological polar surface area (TPSA) is 87.2 Å². The summed E-state index contributed by atoms with van der Waals surface area (Å²) in [4.78, 5) is 14.7. The molecule has 0 radical (unpaired) electrons. The van der Waals surface area contributed by atoms with E-state index < -0.39 is 15.4 Å². The molecule has 0 unspecified atom stereocenters. The van der Waals surface area contributed by atoms with Crippen molar-refractivity contribution in [2.45, 2.75) is 6.42 Å². The van der Waals surface area contributed by atoms with Crippen molar-refractivity contribution >= 4 is 27.5 Å². The van der Waals surface area contributed by atoms with Crippen LogP contribution < -0.4 is 4.74 Å². The Hall–Kier alpha value is -1.35. The van der Waals surface area contributed by atoms with Gasteiger partial charge in [-0.1, -0.05) is 11.6 Å². The summed E-state index contributed by atoms with van der Waals surface area (Å²) in [5.74, 6) is 0.229. The lowest BCUT2D eigenvalue weighted by molar-refractivity contribution is 0.0128. The molecule has 2 fully saturated rings. The second-order valence-electron chi connectivity index (χ2n) is 7.13. The third-order valence-electron chi connectivity index (χ3n) is 5.50. The van der Waals surface area contributed by atoms with Crippen molar-refractivity contribution in [3.8, 4) is 5.75 Å². The van der Waals surface area contributed by atoms with E-state index in [0.29, 0.717) is 42.4 Å². The Morgan fingerprint density at radius 3 is 2.77 bits per heavy atom. The van der Waals surface area contributed by atoms with Crippen molar-refractivity contribution in [3.05, 3.63) is 28.8 Å². The van der Waals surface area contributed by atoms with Gasteiger partial charge in [-0.15, -0.1) is 0 Å². The lowest BCUT2D eigenvalue weighted by atomic mass is 9.74. The molecular formula is C17H23ClN2O5S. The van der Waals surface area contributed by atoms with Crippen LogP contribution in [0.5, 0.6) is 5.75 Å². The first kappa shape index (κ1) is 19.4. The molecule has 0 aromatic heterocycles. The molecule has 1 amide bonds. The van der Waals surface area contributed by atoms with E-state index in [0.717, 1.165) is 0 Å². The minimum absolute atomic E-state index is 0.0402. The number of piperidine rings is 1. The van der Waals surface area contributed by atoms with E-state index in [1.807, 2.05) is 0 Å². The van der Waals surface area contributed by atoms with Crippen LogP contribution in [0.15, 0.2) is 18.2 Å².